The second-order valence-corrected chi connectivity index (χ2v) is 4.61. The van der Waals surface area contributed by atoms with Gasteiger partial charge < -0.3 is 10.5 Å². The van der Waals surface area contributed by atoms with E-state index in [0.717, 1.165) is 0 Å². The summed E-state index contributed by atoms with van der Waals surface area (Å²) in [5.41, 5.74) is 6.19. The van der Waals surface area contributed by atoms with Crippen LogP contribution in [0, 0.1) is 5.82 Å². The summed E-state index contributed by atoms with van der Waals surface area (Å²) in [5.74, 6) is -0.0405. The summed E-state index contributed by atoms with van der Waals surface area (Å²) in [6.07, 6.45) is 0. The van der Waals surface area contributed by atoms with Gasteiger partial charge in [-0.3, -0.25) is 0 Å². The van der Waals surface area contributed by atoms with Crippen LogP contribution in [0.1, 0.15) is 0 Å². The molecular formula is C12H8BrClFNO. The van der Waals surface area contributed by atoms with E-state index >= 15 is 0 Å². The molecule has 2 aromatic rings. The Bertz CT molecular complexity index is 562. The standard InChI is InChI=1S/C12H8BrClFNO/c13-8-6-7(16)4-5-10(8)17-11-3-1-2-9(14)12(11)15/h1-6H,16H2. The van der Waals surface area contributed by atoms with Crippen molar-refractivity contribution in [1.29, 1.82) is 0 Å². The lowest BCUT2D eigenvalue weighted by atomic mass is 10.3. The molecule has 0 unspecified atom stereocenters. The molecule has 2 N–H and O–H groups in total. The third kappa shape index (κ3) is 2.70. The zero-order valence-corrected chi connectivity index (χ0v) is 10.9. The van der Waals surface area contributed by atoms with Crippen molar-refractivity contribution < 1.29 is 9.13 Å². The smallest absolute Gasteiger partial charge is 0.184 e. The van der Waals surface area contributed by atoms with Crippen LogP contribution in [0.5, 0.6) is 11.5 Å². The summed E-state index contributed by atoms with van der Waals surface area (Å²) in [4.78, 5) is 0. The van der Waals surface area contributed by atoms with E-state index in [9.17, 15) is 4.39 Å². The molecule has 0 atom stereocenters. The lowest BCUT2D eigenvalue weighted by molar-refractivity contribution is 0.440. The molecule has 88 valence electrons. The first-order valence-corrected chi connectivity index (χ1v) is 5.92. The number of hydrogen-bond donors (Lipinski definition) is 1. The van der Waals surface area contributed by atoms with Crippen molar-refractivity contribution in [3.8, 4) is 11.5 Å². The molecule has 0 heterocycles. The summed E-state index contributed by atoms with van der Waals surface area (Å²) in [7, 11) is 0. The van der Waals surface area contributed by atoms with Crippen LogP contribution in [-0.2, 0) is 0 Å². The topological polar surface area (TPSA) is 35.2 Å². The predicted molar refractivity (Wildman–Crippen MR) is 70.0 cm³/mol. The number of ether oxygens (including phenoxy) is 1. The van der Waals surface area contributed by atoms with Crippen molar-refractivity contribution in [2.24, 2.45) is 0 Å². The van der Waals surface area contributed by atoms with E-state index in [2.05, 4.69) is 15.9 Å². The van der Waals surface area contributed by atoms with E-state index in [4.69, 9.17) is 22.1 Å². The molecule has 0 aliphatic rings. The Labute approximate surface area is 111 Å². The average molecular weight is 317 g/mol. The van der Waals surface area contributed by atoms with Gasteiger partial charge >= 0.3 is 0 Å². The highest BCUT2D eigenvalue weighted by Crippen LogP contribution is 2.33. The van der Waals surface area contributed by atoms with Crippen molar-refractivity contribution in [2.75, 3.05) is 5.73 Å². The highest BCUT2D eigenvalue weighted by atomic mass is 79.9. The third-order valence-electron chi connectivity index (χ3n) is 2.09. The van der Waals surface area contributed by atoms with Gasteiger partial charge in [-0.05, 0) is 46.3 Å². The molecule has 0 aliphatic carbocycles. The second-order valence-electron chi connectivity index (χ2n) is 3.34. The van der Waals surface area contributed by atoms with E-state index in [-0.39, 0.29) is 10.8 Å². The van der Waals surface area contributed by atoms with Crippen LogP contribution in [0.25, 0.3) is 0 Å². The van der Waals surface area contributed by atoms with Gasteiger partial charge in [0.25, 0.3) is 0 Å². The van der Waals surface area contributed by atoms with Crippen LogP contribution >= 0.6 is 27.5 Å². The van der Waals surface area contributed by atoms with Crippen LogP contribution in [0.2, 0.25) is 5.02 Å². The van der Waals surface area contributed by atoms with Crippen LogP contribution in [-0.4, -0.2) is 0 Å². The number of anilines is 1. The molecule has 0 spiro atoms. The number of rotatable bonds is 2. The monoisotopic (exact) mass is 315 g/mol. The highest BCUT2D eigenvalue weighted by molar-refractivity contribution is 9.10. The molecule has 0 radical (unpaired) electrons. The Kier molecular flexibility index (Phi) is 3.54. The zero-order chi connectivity index (χ0) is 12.4. The SMILES string of the molecule is Nc1ccc(Oc2cccc(Cl)c2F)c(Br)c1. The fourth-order valence-electron chi connectivity index (χ4n) is 1.28. The maximum Gasteiger partial charge on any atom is 0.184 e. The molecule has 0 aromatic heterocycles. The Balaban J connectivity index is 2.35. The molecule has 0 aliphatic heterocycles. The summed E-state index contributed by atoms with van der Waals surface area (Å²) in [6.45, 7) is 0. The fourth-order valence-corrected chi connectivity index (χ4v) is 1.92. The van der Waals surface area contributed by atoms with Crippen LogP contribution in [0.15, 0.2) is 40.9 Å². The van der Waals surface area contributed by atoms with Gasteiger partial charge in [-0.2, -0.15) is 0 Å². The van der Waals surface area contributed by atoms with Crippen molar-refractivity contribution in [3.63, 3.8) is 0 Å². The number of nitrogens with two attached hydrogens (primary N) is 1. The minimum absolute atomic E-state index is 0.0223. The summed E-state index contributed by atoms with van der Waals surface area (Å²) >= 11 is 8.95. The maximum absolute atomic E-state index is 13.6. The predicted octanol–water partition coefficient (Wildman–Crippen LogP) is 4.62. The number of hydrogen-bond acceptors (Lipinski definition) is 2. The van der Waals surface area contributed by atoms with Crippen LogP contribution in [0.3, 0.4) is 0 Å². The van der Waals surface area contributed by atoms with Gasteiger partial charge in [-0.1, -0.05) is 17.7 Å². The van der Waals surface area contributed by atoms with Crippen molar-refractivity contribution in [1.82, 2.24) is 0 Å². The third-order valence-corrected chi connectivity index (χ3v) is 3.00. The van der Waals surface area contributed by atoms with Crippen molar-refractivity contribution in [3.05, 3.63) is 51.7 Å². The molecule has 2 rings (SSSR count). The molecule has 0 fully saturated rings. The van der Waals surface area contributed by atoms with E-state index in [1.165, 1.54) is 12.1 Å². The summed E-state index contributed by atoms with van der Waals surface area (Å²) < 4.78 is 19.7. The van der Waals surface area contributed by atoms with E-state index < -0.39 is 5.82 Å². The van der Waals surface area contributed by atoms with E-state index in [1.807, 2.05) is 0 Å². The molecule has 2 aromatic carbocycles. The second kappa shape index (κ2) is 4.94. The minimum Gasteiger partial charge on any atom is -0.453 e. The molecule has 0 saturated carbocycles. The molecule has 5 heteroatoms. The molecule has 0 saturated heterocycles. The Morgan fingerprint density at radius 1 is 1.18 bits per heavy atom. The van der Waals surface area contributed by atoms with Crippen molar-refractivity contribution >= 4 is 33.2 Å². The van der Waals surface area contributed by atoms with E-state index in [1.54, 1.807) is 24.3 Å². The number of nitrogen functional groups attached to an aromatic ring is 1. The minimum atomic E-state index is -0.585. The van der Waals surface area contributed by atoms with Gasteiger partial charge in [0.1, 0.15) is 5.75 Å². The largest absolute Gasteiger partial charge is 0.453 e. The molecule has 17 heavy (non-hydrogen) atoms. The summed E-state index contributed by atoms with van der Waals surface area (Å²) in [5, 5.41) is 0.0223. The Morgan fingerprint density at radius 2 is 1.94 bits per heavy atom. The zero-order valence-electron chi connectivity index (χ0n) is 8.58. The number of benzene rings is 2. The fraction of sp³-hybridized carbons (Fsp3) is 0. The van der Waals surface area contributed by atoms with Crippen molar-refractivity contribution in [2.45, 2.75) is 0 Å². The quantitative estimate of drug-likeness (QED) is 0.821. The molecule has 0 amide bonds. The van der Waals surface area contributed by atoms with Gasteiger partial charge in [0.2, 0.25) is 0 Å². The molecular weight excluding hydrogens is 308 g/mol. The lowest BCUT2D eigenvalue weighted by Gasteiger charge is -2.09. The normalized spacial score (nSPS) is 10.3. The molecule has 2 nitrogen and oxygen atoms in total. The Hall–Kier alpha value is -1.26. The van der Waals surface area contributed by atoms with Crippen LogP contribution in [0.4, 0.5) is 10.1 Å². The number of halogens is 3. The lowest BCUT2D eigenvalue weighted by Crippen LogP contribution is -1.91. The van der Waals surface area contributed by atoms with Crippen LogP contribution < -0.4 is 10.5 Å². The highest BCUT2D eigenvalue weighted by Gasteiger charge is 2.10. The van der Waals surface area contributed by atoms with Gasteiger partial charge in [0.15, 0.2) is 11.6 Å². The first-order chi connectivity index (χ1) is 8.08. The van der Waals surface area contributed by atoms with E-state index in [0.29, 0.717) is 15.9 Å². The first kappa shape index (κ1) is 12.2. The summed E-state index contributed by atoms with van der Waals surface area (Å²) in [6, 6.07) is 9.58. The van der Waals surface area contributed by atoms with Gasteiger partial charge in [-0.15, -0.1) is 0 Å². The average Bonchev–Trinajstić information content (AvgIpc) is 2.28. The maximum atomic E-state index is 13.6. The van der Waals surface area contributed by atoms with Gasteiger partial charge in [0, 0.05) is 5.69 Å². The van der Waals surface area contributed by atoms with Gasteiger partial charge in [-0.25, -0.2) is 4.39 Å². The van der Waals surface area contributed by atoms with Gasteiger partial charge in [0.05, 0.1) is 9.50 Å². The first-order valence-electron chi connectivity index (χ1n) is 4.75. The Morgan fingerprint density at radius 3 is 2.65 bits per heavy atom. The molecule has 0 bridgehead atoms.